The van der Waals surface area contributed by atoms with Crippen molar-refractivity contribution in [3.8, 4) is 5.75 Å². The number of phenols is 1. The van der Waals surface area contributed by atoms with Gasteiger partial charge >= 0.3 is 5.97 Å². The van der Waals surface area contributed by atoms with Crippen molar-refractivity contribution in [3.63, 3.8) is 0 Å². The standard InChI is InChI=1S/C22H24N2O5/c1-11(25)24-19-14(4-3-5-15(19)26)22-6-7-23(2)17(22)8-12-13(20(22)24)9-28-16-10-29-21(27)18(12)16/h3-5,12-13,17,20,26H,6-10H2,1-2H3/t12-,13-,17+,20+,22?/m1/s1. The van der Waals surface area contributed by atoms with E-state index in [1.54, 1.807) is 17.9 Å². The number of carbonyl (C=O) groups excluding carboxylic acids is 2. The van der Waals surface area contributed by atoms with E-state index in [-0.39, 0.29) is 53.6 Å². The minimum Gasteiger partial charge on any atom is -0.506 e. The molecule has 2 fully saturated rings. The number of likely N-dealkylation sites (N-methyl/N-ethyl adjacent to an activating group) is 1. The highest BCUT2D eigenvalue weighted by Gasteiger charge is 2.68. The smallest absolute Gasteiger partial charge is 0.338 e. The van der Waals surface area contributed by atoms with Crippen molar-refractivity contribution >= 4 is 17.6 Å². The molecule has 1 aromatic carbocycles. The van der Waals surface area contributed by atoms with Crippen LogP contribution in [0.5, 0.6) is 5.75 Å². The second-order valence-electron chi connectivity index (χ2n) is 9.02. The first-order valence-electron chi connectivity index (χ1n) is 10.3. The van der Waals surface area contributed by atoms with Crippen molar-refractivity contribution in [2.45, 2.75) is 37.3 Å². The lowest BCUT2D eigenvalue weighted by molar-refractivity contribution is -0.136. The van der Waals surface area contributed by atoms with Crippen molar-refractivity contribution < 1.29 is 24.2 Å². The molecule has 152 valence electrons. The van der Waals surface area contributed by atoms with E-state index >= 15 is 0 Å². The summed E-state index contributed by atoms with van der Waals surface area (Å²) in [5, 5.41) is 10.7. The van der Waals surface area contributed by atoms with E-state index in [1.807, 2.05) is 6.07 Å². The van der Waals surface area contributed by atoms with Crippen LogP contribution in [0.2, 0.25) is 0 Å². The minimum absolute atomic E-state index is 0.00395. The summed E-state index contributed by atoms with van der Waals surface area (Å²) in [5.41, 5.74) is 2.09. The van der Waals surface area contributed by atoms with Gasteiger partial charge in [0, 0.05) is 30.2 Å². The van der Waals surface area contributed by atoms with Gasteiger partial charge in [0.25, 0.3) is 0 Å². The van der Waals surface area contributed by atoms with Gasteiger partial charge in [-0.3, -0.25) is 4.79 Å². The Bertz CT molecular complexity index is 987. The molecule has 5 atom stereocenters. The molecule has 7 heteroatoms. The Balaban J connectivity index is 1.59. The molecule has 1 spiro atoms. The third kappa shape index (κ3) is 1.92. The highest BCUT2D eigenvalue weighted by Crippen LogP contribution is 2.63. The van der Waals surface area contributed by atoms with Gasteiger partial charge in [0.15, 0.2) is 0 Å². The van der Waals surface area contributed by atoms with Crippen LogP contribution in [-0.2, 0) is 24.5 Å². The van der Waals surface area contributed by atoms with Crippen LogP contribution in [0.15, 0.2) is 29.5 Å². The number of amides is 1. The average molecular weight is 396 g/mol. The molecule has 1 saturated heterocycles. The lowest BCUT2D eigenvalue weighted by Crippen LogP contribution is -2.63. The highest BCUT2D eigenvalue weighted by molar-refractivity contribution is 5.98. The van der Waals surface area contributed by atoms with Gasteiger partial charge in [0.1, 0.15) is 18.1 Å². The first kappa shape index (κ1) is 17.3. The molecule has 0 radical (unpaired) electrons. The summed E-state index contributed by atoms with van der Waals surface area (Å²) >= 11 is 0. The Morgan fingerprint density at radius 2 is 2.14 bits per heavy atom. The van der Waals surface area contributed by atoms with Crippen LogP contribution >= 0.6 is 0 Å². The lowest BCUT2D eigenvalue weighted by atomic mass is 9.56. The van der Waals surface area contributed by atoms with Crippen molar-refractivity contribution in [2.75, 3.05) is 31.7 Å². The monoisotopic (exact) mass is 396 g/mol. The van der Waals surface area contributed by atoms with Crippen molar-refractivity contribution in [1.82, 2.24) is 4.90 Å². The molecule has 1 amide bonds. The Labute approximate surface area is 168 Å². The SMILES string of the molecule is CC(=O)N1c2c(O)cccc2C23CCN(C)[C@H]2C[C@H]2C4=C(COC4=O)OC[C@H]2[C@H]13. The van der Waals surface area contributed by atoms with Crippen molar-refractivity contribution in [2.24, 2.45) is 11.8 Å². The summed E-state index contributed by atoms with van der Waals surface area (Å²) in [6, 6.07) is 5.62. The molecule has 6 rings (SSSR count). The quantitative estimate of drug-likeness (QED) is 0.671. The van der Waals surface area contributed by atoms with Crippen molar-refractivity contribution in [3.05, 3.63) is 35.1 Å². The van der Waals surface area contributed by atoms with Gasteiger partial charge in [-0.2, -0.15) is 0 Å². The number of cyclic esters (lactones) is 1. The number of esters is 1. The van der Waals surface area contributed by atoms with Gasteiger partial charge in [-0.1, -0.05) is 12.1 Å². The normalized spacial score (nSPS) is 37.3. The predicted octanol–water partition coefficient (Wildman–Crippen LogP) is 1.55. The average Bonchev–Trinajstić information content (AvgIpc) is 3.33. The number of likely N-dealkylation sites (tertiary alicyclic amines) is 1. The number of phenolic OH excluding ortho intramolecular Hbond substituents is 1. The molecule has 29 heavy (non-hydrogen) atoms. The fourth-order valence-electron chi connectivity index (χ4n) is 6.99. The fraction of sp³-hybridized carbons (Fsp3) is 0.545. The molecule has 1 aromatic rings. The van der Waals surface area contributed by atoms with Gasteiger partial charge in [0.2, 0.25) is 5.91 Å². The second kappa shape index (κ2) is 5.53. The molecule has 7 nitrogen and oxygen atoms in total. The topological polar surface area (TPSA) is 79.3 Å². The maximum atomic E-state index is 12.9. The Kier molecular flexibility index (Phi) is 3.31. The molecule has 1 N–H and O–H groups in total. The molecule has 1 unspecified atom stereocenters. The zero-order valence-electron chi connectivity index (χ0n) is 16.6. The molecular weight excluding hydrogens is 372 g/mol. The maximum absolute atomic E-state index is 12.9. The van der Waals surface area contributed by atoms with E-state index in [1.165, 1.54) is 0 Å². The van der Waals surface area contributed by atoms with Gasteiger partial charge in [-0.15, -0.1) is 0 Å². The van der Waals surface area contributed by atoms with Crippen LogP contribution < -0.4 is 4.90 Å². The summed E-state index contributed by atoms with van der Waals surface area (Å²) in [7, 11) is 2.12. The molecule has 4 heterocycles. The molecular formula is C22H24N2O5. The van der Waals surface area contributed by atoms with E-state index in [9.17, 15) is 14.7 Å². The molecule has 0 aromatic heterocycles. The van der Waals surface area contributed by atoms with Gasteiger partial charge in [-0.05, 0) is 38.1 Å². The maximum Gasteiger partial charge on any atom is 0.338 e. The van der Waals surface area contributed by atoms with E-state index in [4.69, 9.17) is 9.47 Å². The summed E-state index contributed by atoms with van der Waals surface area (Å²) in [5.74, 6) is 0.418. The van der Waals surface area contributed by atoms with E-state index in [0.29, 0.717) is 23.6 Å². The Hall–Kier alpha value is -2.54. The molecule has 1 aliphatic carbocycles. The number of ether oxygens (including phenoxy) is 2. The number of aromatic hydroxyl groups is 1. The van der Waals surface area contributed by atoms with Crippen LogP contribution in [0.4, 0.5) is 5.69 Å². The first-order chi connectivity index (χ1) is 13.9. The van der Waals surface area contributed by atoms with E-state index in [2.05, 4.69) is 18.0 Å². The second-order valence-corrected chi connectivity index (χ2v) is 9.02. The number of rotatable bonds is 0. The zero-order chi connectivity index (χ0) is 20.1. The number of nitrogens with zero attached hydrogens (tertiary/aromatic N) is 2. The van der Waals surface area contributed by atoms with Crippen LogP contribution in [0, 0.1) is 11.8 Å². The summed E-state index contributed by atoms with van der Waals surface area (Å²) < 4.78 is 11.3. The number of para-hydroxylation sites is 1. The summed E-state index contributed by atoms with van der Waals surface area (Å²) in [4.78, 5) is 29.6. The van der Waals surface area contributed by atoms with E-state index in [0.717, 1.165) is 24.9 Å². The number of fused-ring (bicyclic) bond motifs is 4. The number of carbonyl (C=O) groups is 2. The Morgan fingerprint density at radius 1 is 1.31 bits per heavy atom. The summed E-state index contributed by atoms with van der Waals surface area (Å²) in [6.07, 6.45) is 1.74. The van der Waals surface area contributed by atoms with Gasteiger partial charge < -0.3 is 24.4 Å². The Morgan fingerprint density at radius 3 is 2.93 bits per heavy atom. The molecule has 4 aliphatic heterocycles. The number of hydrogen-bond donors (Lipinski definition) is 1. The lowest BCUT2D eigenvalue weighted by Gasteiger charge is -2.53. The third-order valence-electron chi connectivity index (χ3n) is 7.98. The fourth-order valence-corrected chi connectivity index (χ4v) is 6.99. The minimum atomic E-state index is -0.282. The molecule has 0 bridgehead atoms. The highest BCUT2D eigenvalue weighted by atomic mass is 16.6. The van der Waals surface area contributed by atoms with Crippen LogP contribution in [0.3, 0.4) is 0 Å². The van der Waals surface area contributed by atoms with Gasteiger partial charge in [-0.25, -0.2) is 4.79 Å². The number of hydrogen-bond acceptors (Lipinski definition) is 6. The van der Waals surface area contributed by atoms with Crippen molar-refractivity contribution in [1.29, 1.82) is 0 Å². The first-order valence-corrected chi connectivity index (χ1v) is 10.3. The molecule has 5 aliphatic rings. The predicted molar refractivity (Wildman–Crippen MR) is 103 cm³/mol. The van der Waals surface area contributed by atoms with Crippen LogP contribution in [0.25, 0.3) is 0 Å². The number of benzene rings is 1. The summed E-state index contributed by atoms with van der Waals surface area (Å²) in [6.45, 7) is 3.15. The third-order valence-corrected chi connectivity index (χ3v) is 7.98. The number of anilines is 1. The van der Waals surface area contributed by atoms with Crippen LogP contribution in [-0.4, -0.2) is 60.8 Å². The molecule has 1 saturated carbocycles. The zero-order valence-corrected chi connectivity index (χ0v) is 16.6. The van der Waals surface area contributed by atoms with Gasteiger partial charge in [0.05, 0.1) is 23.9 Å². The van der Waals surface area contributed by atoms with Crippen LogP contribution in [0.1, 0.15) is 25.3 Å². The largest absolute Gasteiger partial charge is 0.506 e. The van der Waals surface area contributed by atoms with E-state index < -0.39 is 0 Å².